The maximum absolute atomic E-state index is 4.44. The third kappa shape index (κ3) is 7.81. The molecule has 0 saturated carbocycles. The van der Waals surface area contributed by atoms with Gasteiger partial charge in [0.15, 0.2) is 0 Å². The van der Waals surface area contributed by atoms with Gasteiger partial charge in [-0.05, 0) is 12.8 Å². The van der Waals surface area contributed by atoms with Crippen LogP contribution in [-0.2, 0) is 0 Å². The minimum Gasteiger partial charge on any atom is -0.372 e. The predicted octanol–water partition coefficient (Wildman–Crippen LogP) is 3.67. The van der Waals surface area contributed by atoms with Gasteiger partial charge in [-0.15, -0.1) is 0 Å². The van der Waals surface area contributed by atoms with Crippen LogP contribution in [0.2, 0.25) is 0 Å². The van der Waals surface area contributed by atoms with Crippen LogP contribution in [0.15, 0.2) is 9.98 Å². The lowest BCUT2D eigenvalue weighted by Gasteiger charge is -2.04. The lowest BCUT2D eigenvalue weighted by Crippen LogP contribution is -2.17. The zero-order valence-electron chi connectivity index (χ0n) is 14.2. The highest BCUT2D eigenvalue weighted by Crippen LogP contribution is 2.12. The Hall–Kier alpha value is -1.06. The van der Waals surface area contributed by atoms with Crippen LogP contribution in [0.3, 0.4) is 0 Å². The molecule has 0 bridgehead atoms. The van der Waals surface area contributed by atoms with Crippen molar-refractivity contribution in [3.63, 3.8) is 0 Å². The molecule has 0 unspecified atom stereocenters. The molecule has 0 aromatic carbocycles. The molecule has 0 spiro atoms. The van der Waals surface area contributed by atoms with Crippen LogP contribution in [0.25, 0.3) is 0 Å². The summed E-state index contributed by atoms with van der Waals surface area (Å²) in [6.45, 7) is 4.08. The van der Waals surface area contributed by atoms with Crippen LogP contribution in [-0.4, -0.2) is 37.9 Å². The monoisotopic (exact) mass is 306 g/mol. The van der Waals surface area contributed by atoms with E-state index in [0.717, 1.165) is 26.2 Å². The summed E-state index contributed by atoms with van der Waals surface area (Å²) in [6, 6.07) is 0. The number of rotatable bonds is 13. The Morgan fingerprint density at radius 3 is 1.23 bits per heavy atom. The van der Waals surface area contributed by atoms with Crippen LogP contribution in [0.4, 0.5) is 0 Å². The Morgan fingerprint density at radius 1 is 0.545 bits per heavy atom. The van der Waals surface area contributed by atoms with Crippen LogP contribution in [0.5, 0.6) is 0 Å². The minimum absolute atomic E-state index is 0.986. The van der Waals surface area contributed by atoms with Crippen molar-refractivity contribution in [2.24, 2.45) is 9.98 Å². The fraction of sp³-hybridized carbons (Fsp3) is 0.889. The van der Waals surface area contributed by atoms with E-state index in [1.807, 2.05) is 0 Å². The molecule has 2 rings (SSSR count). The van der Waals surface area contributed by atoms with Crippen molar-refractivity contribution in [1.82, 2.24) is 10.6 Å². The predicted molar refractivity (Wildman–Crippen MR) is 96.0 cm³/mol. The normalized spacial score (nSPS) is 17.1. The summed E-state index contributed by atoms with van der Waals surface area (Å²) in [6.07, 6.45) is 16.2. The number of hydrogen-bond acceptors (Lipinski definition) is 4. The summed E-state index contributed by atoms with van der Waals surface area (Å²) in [7, 11) is 0. The molecule has 2 N–H and O–H groups in total. The second-order valence-electron chi connectivity index (χ2n) is 6.55. The summed E-state index contributed by atoms with van der Waals surface area (Å²) in [5.41, 5.74) is 0. The highest BCUT2D eigenvalue weighted by atomic mass is 15.1. The number of hydrogen-bond donors (Lipinski definition) is 2. The van der Waals surface area contributed by atoms with E-state index in [-0.39, 0.29) is 0 Å². The molecule has 2 heterocycles. The molecule has 22 heavy (non-hydrogen) atoms. The van der Waals surface area contributed by atoms with Crippen molar-refractivity contribution < 1.29 is 0 Å². The quantitative estimate of drug-likeness (QED) is 0.510. The van der Waals surface area contributed by atoms with Gasteiger partial charge in [0.25, 0.3) is 0 Å². The SMILES string of the molecule is C(CCCCCCC1=NCCN1)CCCCCC1=NCCN1. The smallest absolute Gasteiger partial charge is 0.0964 e. The Morgan fingerprint density at radius 2 is 0.909 bits per heavy atom. The third-order valence-corrected chi connectivity index (χ3v) is 4.56. The van der Waals surface area contributed by atoms with Crippen molar-refractivity contribution in [3.05, 3.63) is 0 Å². The number of unbranched alkanes of at least 4 members (excludes halogenated alkanes) is 9. The Kier molecular flexibility index (Phi) is 9.04. The first kappa shape index (κ1) is 17.3. The lowest BCUT2D eigenvalue weighted by molar-refractivity contribution is 0.555. The second kappa shape index (κ2) is 11.5. The molecule has 0 aromatic heterocycles. The molecule has 0 aliphatic carbocycles. The highest BCUT2D eigenvalue weighted by molar-refractivity contribution is 5.83. The first-order valence-corrected chi connectivity index (χ1v) is 9.49. The molecular formula is C18H34N4. The van der Waals surface area contributed by atoms with Crippen molar-refractivity contribution in [2.75, 3.05) is 26.2 Å². The molecule has 2 aliphatic rings. The average Bonchev–Trinajstić information content (AvgIpc) is 3.21. The molecule has 4 nitrogen and oxygen atoms in total. The van der Waals surface area contributed by atoms with E-state index in [9.17, 15) is 0 Å². The maximum atomic E-state index is 4.44. The summed E-state index contributed by atoms with van der Waals surface area (Å²) < 4.78 is 0. The zero-order valence-corrected chi connectivity index (χ0v) is 14.2. The van der Waals surface area contributed by atoms with Crippen LogP contribution >= 0.6 is 0 Å². The van der Waals surface area contributed by atoms with Gasteiger partial charge in [-0.2, -0.15) is 0 Å². The molecule has 0 aromatic rings. The molecule has 0 radical (unpaired) electrons. The standard InChI is InChI=1S/C18H34N4/c1(3-5-7-9-11-17-19-13-14-20-17)2-4-6-8-10-12-18-21-15-16-22-18/h1-16H2,(H,19,20)(H,21,22). The Balaban J connectivity index is 1.26. The largest absolute Gasteiger partial charge is 0.372 e. The molecule has 2 aliphatic heterocycles. The van der Waals surface area contributed by atoms with Crippen molar-refractivity contribution in [2.45, 2.75) is 77.0 Å². The van der Waals surface area contributed by atoms with Gasteiger partial charge in [-0.1, -0.05) is 51.4 Å². The lowest BCUT2D eigenvalue weighted by atomic mass is 10.0. The number of nitrogens with one attached hydrogen (secondary N) is 2. The van der Waals surface area contributed by atoms with Gasteiger partial charge in [0.1, 0.15) is 0 Å². The average molecular weight is 306 g/mol. The van der Waals surface area contributed by atoms with E-state index in [1.165, 1.54) is 88.7 Å². The van der Waals surface area contributed by atoms with E-state index < -0.39 is 0 Å². The molecule has 0 saturated heterocycles. The summed E-state index contributed by atoms with van der Waals surface area (Å²) >= 11 is 0. The molecule has 0 atom stereocenters. The van der Waals surface area contributed by atoms with Gasteiger partial charge >= 0.3 is 0 Å². The number of amidine groups is 2. The first-order chi connectivity index (χ1) is 10.9. The van der Waals surface area contributed by atoms with Gasteiger partial charge < -0.3 is 10.6 Å². The maximum Gasteiger partial charge on any atom is 0.0964 e. The number of nitrogens with zero attached hydrogens (tertiary/aromatic N) is 2. The van der Waals surface area contributed by atoms with Gasteiger partial charge in [0.2, 0.25) is 0 Å². The van der Waals surface area contributed by atoms with Gasteiger partial charge in [0.05, 0.1) is 24.8 Å². The fourth-order valence-electron chi connectivity index (χ4n) is 3.23. The molecule has 0 fully saturated rings. The van der Waals surface area contributed by atoms with E-state index in [0.29, 0.717) is 0 Å². The topological polar surface area (TPSA) is 48.8 Å². The Labute approximate surface area is 136 Å². The van der Waals surface area contributed by atoms with Crippen molar-refractivity contribution in [3.8, 4) is 0 Å². The van der Waals surface area contributed by atoms with Gasteiger partial charge in [0, 0.05) is 25.9 Å². The summed E-state index contributed by atoms with van der Waals surface area (Å²) in [5.74, 6) is 2.50. The Bertz CT molecular complexity index is 315. The second-order valence-corrected chi connectivity index (χ2v) is 6.55. The first-order valence-electron chi connectivity index (χ1n) is 9.49. The minimum atomic E-state index is 0.986. The zero-order chi connectivity index (χ0) is 15.3. The van der Waals surface area contributed by atoms with E-state index in [1.54, 1.807) is 0 Å². The van der Waals surface area contributed by atoms with Gasteiger partial charge in [-0.25, -0.2) is 0 Å². The fourth-order valence-corrected chi connectivity index (χ4v) is 3.23. The van der Waals surface area contributed by atoms with E-state index in [4.69, 9.17) is 0 Å². The molecule has 0 amide bonds. The van der Waals surface area contributed by atoms with Crippen molar-refractivity contribution in [1.29, 1.82) is 0 Å². The van der Waals surface area contributed by atoms with Crippen LogP contribution in [0, 0.1) is 0 Å². The van der Waals surface area contributed by atoms with Gasteiger partial charge in [-0.3, -0.25) is 9.98 Å². The van der Waals surface area contributed by atoms with E-state index in [2.05, 4.69) is 20.6 Å². The molecule has 4 heteroatoms. The third-order valence-electron chi connectivity index (χ3n) is 4.56. The summed E-state index contributed by atoms with van der Waals surface area (Å²) in [5, 5.41) is 6.70. The molecular weight excluding hydrogens is 272 g/mol. The van der Waals surface area contributed by atoms with E-state index >= 15 is 0 Å². The van der Waals surface area contributed by atoms with Crippen LogP contribution in [0.1, 0.15) is 77.0 Å². The number of aliphatic imine (C=N–C) groups is 2. The summed E-state index contributed by atoms with van der Waals surface area (Å²) in [4.78, 5) is 8.88. The van der Waals surface area contributed by atoms with Crippen molar-refractivity contribution >= 4 is 11.7 Å². The highest BCUT2D eigenvalue weighted by Gasteiger charge is 2.04. The molecule has 126 valence electrons. The van der Waals surface area contributed by atoms with Crippen LogP contribution < -0.4 is 10.6 Å².